The van der Waals surface area contributed by atoms with Crippen molar-refractivity contribution < 1.29 is 4.52 Å². The van der Waals surface area contributed by atoms with E-state index in [0.717, 1.165) is 31.1 Å². The van der Waals surface area contributed by atoms with Crippen molar-refractivity contribution in [2.24, 2.45) is 0 Å². The van der Waals surface area contributed by atoms with Crippen molar-refractivity contribution in [1.29, 1.82) is 0 Å². The van der Waals surface area contributed by atoms with Gasteiger partial charge >= 0.3 is 0 Å². The second-order valence-corrected chi connectivity index (χ2v) is 6.56. The number of thioether (sulfide) groups is 1. The maximum absolute atomic E-state index is 5.49. The van der Waals surface area contributed by atoms with Gasteiger partial charge < -0.3 is 9.84 Å². The van der Waals surface area contributed by atoms with E-state index in [1.165, 1.54) is 18.6 Å². The quantitative estimate of drug-likeness (QED) is 0.829. The number of nitrogens with one attached hydrogen (secondary N) is 1. The first-order valence-electron chi connectivity index (χ1n) is 7.44. The molecular formula is C14H25N3OS. The van der Waals surface area contributed by atoms with Gasteiger partial charge in [-0.3, -0.25) is 0 Å². The molecule has 0 spiro atoms. The van der Waals surface area contributed by atoms with E-state index in [-0.39, 0.29) is 5.92 Å². The summed E-state index contributed by atoms with van der Waals surface area (Å²) in [5.41, 5.74) is 0. The molecule has 0 aromatic carbocycles. The smallest absolute Gasteiger partial charge is 0.231 e. The molecule has 2 heterocycles. The third kappa shape index (κ3) is 3.72. The van der Waals surface area contributed by atoms with Gasteiger partial charge in [-0.1, -0.05) is 25.9 Å². The van der Waals surface area contributed by atoms with Crippen molar-refractivity contribution >= 4 is 11.8 Å². The summed E-state index contributed by atoms with van der Waals surface area (Å²) < 4.78 is 5.49. The van der Waals surface area contributed by atoms with Gasteiger partial charge in [0.2, 0.25) is 5.89 Å². The van der Waals surface area contributed by atoms with Crippen LogP contribution in [0.25, 0.3) is 0 Å². The molecule has 3 unspecified atom stereocenters. The van der Waals surface area contributed by atoms with Crippen LogP contribution in [0.3, 0.4) is 0 Å². The molecule has 1 aromatic rings. The van der Waals surface area contributed by atoms with Crippen molar-refractivity contribution in [2.45, 2.75) is 63.7 Å². The summed E-state index contributed by atoms with van der Waals surface area (Å²) in [5, 5.41) is 8.20. The highest BCUT2D eigenvalue weighted by Crippen LogP contribution is 2.38. The van der Waals surface area contributed by atoms with E-state index in [4.69, 9.17) is 4.52 Å². The fourth-order valence-electron chi connectivity index (χ4n) is 2.52. The molecule has 1 aliphatic heterocycles. The van der Waals surface area contributed by atoms with E-state index < -0.39 is 0 Å². The van der Waals surface area contributed by atoms with Crippen LogP contribution < -0.4 is 5.32 Å². The molecule has 0 radical (unpaired) electrons. The van der Waals surface area contributed by atoms with Crippen LogP contribution in [0.1, 0.15) is 69.3 Å². The van der Waals surface area contributed by atoms with Crippen molar-refractivity contribution in [3.63, 3.8) is 0 Å². The summed E-state index contributed by atoms with van der Waals surface area (Å²) in [6.07, 6.45) is 4.68. The topological polar surface area (TPSA) is 51.0 Å². The molecule has 2 rings (SSSR count). The molecule has 3 atom stereocenters. The summed E-state index contributed by atoms with van der Waals surface area (Å²) >= 11 is 1.95. The SMILES string of the molecule is CCCNC(CC)C(C)c1nc(C2CCCS2)no1. The Balaban J connectivity index is 1.99. The largest absolute Gasteiger partial charge is 0.339 e. The normalized spacial score (nSPS) is 22.6. The first-order valence-corrected chi connectivity index (χ1v) is 8.49. The van der Waals surface area contributed by atoms with Crippen molar-refractivity contribution in [3.05, 3.63) is 11.7 Å². The number of hydrogen-bond donors (Lipinski definition) is 1. The highest BCUT2D eigenvalue weighted by Gasteiger charge is 2.26. The Bertz CT molecular complexity index is 377. The van der Waals surface area contributed by atoms with Gasteiger partial charge in [0, 0.05) is 6.04 Å². The van der Waals surface area contributed by atoms with Gasteiger partial charge in [-0.15, -0.1) is 0 Å². The third-order valence-corrected chi connectivity index (χ3v) is 5.14. The summed E-state index contributed by atoms with van der Waals surface area (Å²) in [6.45, 7) is 7.61. The molecule has 0 bridgehead atoms. The van der Waals surface area contributed by atoms with Crippen LogP contribution in [-0.2, 0) is 0 Å². The first kappa shape index (κ1) is 14.9. The predicted molar refractivity (Wildman–Crippen MR) is 79.5 cm³/mol. The van der Waals surface area contributed by atoms with Gasteiger partial charge in [-0.25, -0.2) is 0 Å². The van der Waals surface area contributed by atoms with Crippen molar-refractivity contribution in [1.82, 2.24) is 15.5 Å². The third-order valence-electron chi connectivity index (χ3n) is 3.76. The fourth-order valence-corrected chi connectivity index (χ4v) is 3.72. The van der Waals surface area contributed by atoms with Crippen LogP contribution in [-0.4, -0.2) is 28.5 Å². The Kier molecular flexibility index (Phi) is 5.70. The average Bonchev–Trinajstić information content (AvgIpc) is 3.10. The molecular weight excluding hydrogens is 258 g/mol. The zero-order valence-electron chi connectivity index (χ0n) is 12.2. The van der Waals surface area contributed by atoms with E-state index in [1.807, 2.05) is 11.8 Å². The zero-order valence-corrected chi connectivity index (χ0v) is 13.0. The van der Waals surface area contributed by atoms with E-state index in [0.29, 0.717) is 11.3 Å². The summed E-state index contributed by atoms with van der Waals surface area (Å²) in [5.74, 6) is 3.19. The minimum Gasteiger partial charge on any atom is -0.339 e. The van der Waals surface area contributed by atoms with Crippen LogP contribution in [0, 0.1) is 0 Å². The summed E-state index contributed by atoms with van der Waals surface area (Å²) in [7, 11) is 0. The Morgan fingerprint density at radius 2 is 2.32 bits per heavy atom. The Hall–Kier alpha value is -0.550. The molecule has 1 aliphatic rings. The molecule has 4 nitrogen and oxygen atoms in total. The van der Waals surface area contributed by atoms with E-state index in [1.54, 1.807) is 0 Å². The van der Waals surface area contributed by atoms with Crippen LogP contribution >= 0.6 is 11.8 Å². The van der Waals surface area contributed by atoms with Gasteiger partial charge in [-0.05, 0) is 38.0 Å². The maximum atomic E-state index is 5.49. The van der Waals surface area contributed by atoms with Gasteiger partial charge in [0.15, 0.2) is 5.82 Å². The van der Waals surface area contributed by atoms with Gasteiger partial charge in [0.25, 0.3) is 0 Å². The molecule has 0 saturated carbocycles. The molecule has 5 heteroatoms. The first-order chi connectivity index (χ1) is 9.26. The lowest BCUT2D eigenvalue weighted by Crippen LogP contribution is -2.33. The predicted octanol–water partition coefficient (Wildman–Crippen LogP) is 3.52. The fraction of sp³-hybridized carbons (Fsp3) is 0.857. The van der Waals surface area contributed by atoms with Crippen molar-refractivity contribution in [2.75, 3.05) is 12.3 Å². The maximum Gasteiger partial charge on any atom is 0.231 e. The van der Waals surface area contributed by atoms with Crippen LogP contribution in [0.4, 0.5) is 0 Å². The average molecular weight is 283 g/mol. The minimum absolute atomic E-state index is 0.282. The molecule has 0 aliphatic carbocycles. The molecule has 0 amide bonds. The highest BCUT2D eigenvalue weighted by atomic mass is 32.2. The van der Waals surface area contributed by atoms with Crippen LogP contribution in [0.15, 0.2) is 4.52 Å². The highest BCUT2D eigenvalue weighted by molar-refractivity contribution is 7.99. The Morgan fingerprint density at radius 1 is 1.47 bits per heavy atom. The van der Waals surface area contributed by atoms with Crippen molar-refractivity contribution in [3.8, 4) is 0 Å². The number of aromatic nitrogens is 2. The van der Waals surface area contributed by atoms with E-state index in [9.17, 15) is 0 Å². The molecule has 108 valence electrons. The number of rotatable bonds is 7. The lowest BCUT2D eigenvalue weighted by molar-refractivity contribution is 0.317. The molecule has 1 saturated heterocycles. The molecule has 19 heavy (non-hydrogen) atoms. The van der Waals surface area contributed by atoms with Gasteiger partial charge in [-0.2, -0.15) is 16.7 Å². The van der Waals surface area contributed by atoms with Crippen LogP contribution in [0.5, 0.6) is 0 Å². The molecule has 1 aromatic heterocycles. The summed E-state index contributed by atoms with van der Waals surface area (Å²) in [6, 6.07) is 0.421. The van der Waals surface area contributed by atoms with Crippen LogP contribution in [0.2, 0.25) is 0 Å². The molecule has 1 N–H and O–H groups in total. The summed E-state index contributed by atoms with van der Waals surface area (Å²) in [4.78, 5) is 4.63. The number of hydrogen-bond acceptors (Lipinski definition) is 5. The number of nitrogens with zero attached hydrogens (tertiary/aromatic N) is 2. The second kappa shape index (κ2) is 7.29. The van der Waals surface area contributed by atoms with E-state index in [2.05, 4.69) is 36.2 Å². The monoisotopic (exact) mass is 283 g/mol. The van der Waals surface area contributed by atoms with Gasteiger partial charge in [0.05, 0.1) is 11.2 Å². The molecule has 1 fully saturated rings. The van der Waals surface area contributed by atoms with E-state index >= 15 is 0 Å². The standard InChI is InChI=1S/C14H25N3OS/c1-4-8-15-11(5-2)10(3)14-16-13(17-18-14)12-7-6-9-19-12/h10-12,15H,4-9H2,1-3H3. The minimum atomic E-state index is 0.282. The zero-order chi connectivity index (χ0) is 13.7. The second-order valence-electron chi connectivity index (χ2n) is 5.25. The Morgan fingerprint density at radius 3 is 2.95 bits per heavy atom. The van der Waals surface area contributed by atoms with Gasteiger partial charge in [0.1, 0.15) is 0 Å². The lowest BCUT2D eigenvalue weighted by Gasteiger charge is -2.20. The lowest BCUT2D eigenvalue weighted by atomic mass is 9.99. The Labute approximate surface area is 120 Å².